The van der Waals surface area contributed by atoms with Crippen LogP contribution in [0.4, 0.5) is 17.6 Å². The maximum atomic E-state index is 12.1. The zero-order valence-corrected chi connectivity index (χ0v) is 24.8. The number of alkyl halides is 4. The number of carbonyl (C=O) groups is 2. The van der Waals surface area contributed by atoms with E-state index in [1.165, 1.54) is 61.4 Å². The van der Waals surface area contributed by atoms with Crippen molar-refractivity contribution in [2.45, 2.75) is 97.7 Å². The van der Waals surface area contributed by atoms with Gasteiger partial charge in [0.25, 0.3) is 0 Å². The smallest absolute Gasteiger partial charge is 0.387 e. The summed E-state index contributed by atoms with van der Waals surface area (Å²) in [5.74, 6) is 1.73. The van der Waals surface area contributed by atoms with Gasteiger partial charge in [-0.1, -0.05) is 33.1 Å². The van der Waals surface area contributed by atoms with Gasteiger partial charge in [0.2, 0.25) is 0 Å². The van der Waals surface area contributed by atoms with Crippen molar-refractivity contribution in [3.63, 3.8) is 0 Å². The summed E-state index contributed by atoms with van der Waals surface area (Å²) in [6.45, 7) is -1.35. The minimum atomic E-state index is -2.85. The maximum absolute atomic E-state index is 12.1. The summed E-state index contributed by atoms with van der Waals surface area (Å²) in [5, 5.41) is 0. The van der Waals surface area contributed by atoms with E-state index in [2.05, 4.69) is 23.3 Å². The molecular weight excluding hydrogens is 568 g/mol. The first kappa shape index (κ1) is 34.2. The number of rotatable bonds is 11. The van der Waals surface area contributed by atoms with E-state index >= 15 is 0 Å². The van der Waals surface area contributed by atoms with Crippen LogP contribution in [-0.2, 0) is 9.59 Å². The molecule has 2 aromatic rings. The molecule has 0 aliphatic heterocycles. The first-order valence-electron chi connectivity index (χ1n) is 15.2. The Labute approximate surface area is 251 Å². The highest BCUT2D eigenvalue weighted by atomic mass is 19.3. The number of ether oxygens (including phenoxy) is 4. The van der Waals surface area contributed by atoms with Gasteiger partial charge in [0, 0.05) is 0 Å². The van der Waals surface area contributed by atoms with Crippen molar-refractivity contribution >= 4 is 11.9 Å². The zero-order valence-electron chi connectivity index (χ0n) is 24.8. The molecule has 0 spiro atoms. The Kier molecular flexibility index (Phi) is 14.1. The lowest BCUT2D eigenvalue weighted by molar-refractivity contribution is -0.141. The molecular formula is C33H42F4O6. The lowest BCUT2D eigenvalue weighted by Gasteiger charge is -2.26. The van der Waals surface area contributed by atoms with Gasteiger partial charge in [-0.3, -0.25) is 9.59 Å². The van der Waals surface area contributed by atoms with Crippen molar-refractivity contribution in [2.24, 2.45) is 23.7 Å². The van der Waals surface area contributed by atoms with Crippen LogP contribution in [0.5, 0.6) is 23.0 Å². The van der Waals surface area contributed by atoms with E-state index in [1.54, 1.807) is 0 Å². The number of halogens is 4. The van der Waals surface area contributed by atoms with Gasteiger partial charge in [-0.25, -0.2) is 0 Å². The van der Waals surface area contributed by atoms with E-state index in [4.69, 9.17) is 9.47 Å². The molecule has 0 aromatic heterocycles. The molecule has 0 unspecified atom stereocenters. The summed E-state index contributed by atoms with van der Waals surface area (Å²) in [4.78, 5) is 24.2. The first-order chi connectivity index (χ1) is 20.7. The second kappa shape index (κ2) is 17.7. The van der Waals surface area contributed by atoms with Crippen LogP contribution >= 0.6 is 0 Å². The summed E-state index contributed by atoms with van der Waals surface area (Å²) >= 11 is 0. The second-order valence-electron chi connectivity index (χ2n) is 11.2. The summed E-state index contributed by atoms with van der Waals surface area (Å²) in [5.41, 5.74) is 0. The van der Waals surface area contributed by atoms with Gasteiger partial charge in [-0.2, -0.15) is 17.6 Å². The van der Waals surface area contributed by atoms with E-state index in [0.717, 1.165) is 69.6 Å². The van der Waals surface area contributed by atoms with Gasteiger partial charge in [-0.15, -0.1) is 0 Å². The molecule has 0 amide bonds. The third kappa shape index (κ3) is 12.1. The van der Waals surface area contributed by atoms with E-state index in [-0.39, 0.29) is 35.3 Å². The molecule has 0 bridgehead atoms. The van der Waals surface area contributed by atoms with E-state index in [0.29, 0.717) is 11.5 Å². The minimum Gasteiger partial charge on any atom is -0.435 e. The van der Waals surface area contributed by atoms with Gasteiger partial charge >= 0.3 is 25.2 Å². The van der Waals surface area contributed by atoms with Crippen molar-refractivity contribution in [3.8, 4) is 23.0 Å². The van der Waals surface area contributed by atoms with E-state index < -0.39 is 13.2 Å². The monoisotopic (exact) mass is 610 g/mol. The van der Waals surface area contributed by atoms with Crippen LogP contribution in [0.25, 0.3) is 0 Å². The molecule has 0 atom stereocenters. The second-order valence-corrected chi connectivity index (χ2v) is 11.2. The fraction of sp³-hybridized carbons (Fsp3) is 0.576. The predicted molar refractivity (Wildman–Crippen MR) is 154 cm³/mol. The molecule has 10 heteroatoms. The van der Waals surface area contributed by atoms with Crippen LogP contribution < -0.4 is 18.9 Å². The van der Waals surface area contributed by atoms with Crippen LogP contribution in [-0.4, -0.2) is 25.2 Å². The van der Waals surface area contributed by atoms with Gasteiger partial charge in [0.15, 0.2) is 0 Å². The molecule has 2 aliphatic rings. The van der Waals surface area contributed by atoms with Crippen molar-refractivity contribution < 1.29 is 46.1 Å². The Bertz CT molecular complexity index is 1090. The van der Waals surface area contributed by atoms with Gasteiger partial charge in [0.1, 0.15) is 23.0 Å². The maximum Gasteiger partial charge on any atom is 0.387 e. The third-order valence-corrected chi connectivity index (χ3v) is 8.17. The first-order valence-corrected chi connectivity index (χ1v) is 15.2. The normalized spacial score (nSPS) is 21.9. The summed E-state index contributed by atoms with van der Waals surface area (Å²) < 4.78 is 67.3. The molecule has 2 aliphatic carbocycles. The van der Waals surface area contributed by atoms with Crippen LogP contribution in [0, 0.1) is 23.7 Å². The molecule has 6 nitrogen and oxygen atoms in total. The molecule has 2 aromatic carbocycles. The van der Waals surface area contributed by atoms with Crippen molar-refractivity contribution in [1.82, 2.24) is 0 Å². The lowest BCUT2D eigenvalue weighted by Crippen LogP contribution is -2.25. The Morgan fingerprint density at radius 1 is 0.605 bits per heavy atom. The summed E-state index contributed by atoms with van der Waals surface area (Å²) in [6, 6.07) is 11.3. The zero-order chi connectivity index (χ0) is 31.2. The van der Waals surface area contributed by atoms with Crippen molar-refractivity contribution in [2.75, 3.05) is 0 Å². The SMILES string of the molecule is CCC1CCC(C(=O)Oc2ccc(OC(F)F)cc2)CC1.CCCC1CCC(C(=O)Oc2ccc(OC(F)F)cc2)CC1. The highest BCUT2D eigenvalue weighted by molar-refractivity contribution is 5.75. The Morgan fingerprint density at radius 2 is 0.953 bits per heavy atom. The van der Waals surface area contributed by atoms with Crippen LogP contribution in [0.3, 0.4) is 0 Å². The van der Waals surface area contributed by atoms with Crippen molar-refractivity contribution in [3.05, 3.63) is 48.5 Å². The number of esters is 2. The van der Waals surface area contributed by atoms with Crippen molar-refractivity contribution in [1.29, 1.82) is 0 Å². The van der Waals surface area contributed by atoms with Crippen LogP contribution in [0.2, 0.25) is 0 Å². The van der Waals surface area contributed by atoms with Gasteiger partial charge < -0.3 is 18.9 Å². The Hall–Kier alpha value is -3.30. The average molecular weight is 611 g/mol. The molecule has 0 saturated heterocycles. The van der Waals surface area contributed by atoms with Gasteiger partial charge in [0.05, 0.1) is 11.8 Å². The quantitative estimate of drug-likeness (QED) is 0.144. The molecule has 43 heavy (non-hydrogen) atoms. The molecule has 2 saturated carbocycles. The Morgan fingerprint density at radius 3 is 1.28 bits per heavy atom. The molecule has 2 fully saturated rings. The van der Waals surface area contributed by atoms with Crippen LogP contribution in [0.15, 0.2) is 48.5 Å². The topological polar surface area (TPSA) is 71.1 Å². The predicted octanol–water partition coefficient (Wildman–Crippen LogP) is 9.21. The third-order valence-electron chi connectivity index (χ3n) is 8.17. The number of hydrogen-bond donors (Lipinski definition) is 0. The molecule has 0 heterocycles. The average Bonchev–Trinajstić information content (AvgIpc) is 2.99. The number of carbonyl (C=O) groups excluding carboxylic acids is 2. The minimum absolute atomic E-state index is 0.0493. The highest BCUT2D eigenvalue weighted by Crippen LogP contribution is 2.33. The van der Waals surface area contributed by atoms with E-state index in [1.807, 2.05) is 0 Å². The van der Waals surface area contributed by atoms with E-state index in [9.17, 15) is 27.2 Å². The van der Waals surface area contributed by atoms with Crippen LogP contribution in [0.1, 0.15) is 84.5 Å². The fourth-order valence-corrected chi connectivity index (χ4v) is 5.68. The Balaban J connectivity index is 0.000000236. The molecule has 0 N–H and O–H groups in total. The molecule has 0 radical (unpaired) electrons. The number of hydrogen-bond acceptors (Lipinski definition) is 6. The largest absolute Gasteiger partial charge is 0.435 e. The van der Waals surface area contributed by atoms with Gasteiger partial charge in [-0.05, 0) is 112 Å². The lowest BCUT2D eigenvalue weighted by atomic mass is 9.80. The fourth-order valence-electron chi connectivity index (χ4n) is 5.68. The summed E-state index contributed by atoms with van der Waals surface area (Å²) in [7, 11) is 0. The number of benzene rings is 2. The molecule has 4 rings (SSSR count). The standard InChI is InChI=1S/C17H22F2O3.C16H20F2O3/c1-2-3-12-4-6-13(7-5-12)16(20)21-14-8-10-15(11-9-14)22-17(18)19;1-2-11-3-5-12(6-4-11)15(19)20-13-7-9-14(10-8-13)21-16(17)18/h8-13,17H,2-7H2,1H3;7-12,16H,2-6H2,1H3. The highest BCUT2D eigenvalue weighted by Gasteiger charge is 2.28. The summed E-state index contributed by atoms with van der Waals surface area (Å²) in [6.07, 6.45) is 11.3. The molecule has 238 valence electrons.